The number of benzene rings is 2. The SMILES string of the molecule is CCOc1cc(C(c2cccc(C)c2)N2CCCC2C(=O)O)ccc1OC. The summed E-state index contributed by atoms with van der Waals surface area (Å²) >= 11 is 0. The summed E-state index contributed by atoms with van der Waals surface area (Å²) in [6, 6.07) is 13.5. The summed E-state index contributed by atoms with van der Waals surface area (Å²) in [7, 11) is 1.62. The normalized spacial score (nSPS) is 18.3. The number of carboxylic acids is 1. The smallest absolute Gasteiger partial charge is 0.320 e. The van der Waals surface area contributed by atoms with Gasteiger partial charge in [0, 0.05) is 6.54 Å². The highest BCUT2D eigenvalue weighted by atomic mass is 16.5. The van der Waals surface area contributed by atoms with Crippen LogP contribution >= 0.6 is 0 Å². The van der Waals surface area contributed by atoms with Crippen LogP contribution in [0, 0.1) is 6.92 Å². The molecule has 0 saturated carbocycles. The van der Waals surface area contributed by atoms with Crippen molar-refractivity contribution >= 4 is 5.97 Å². The summed E-state index contributed by atoms with van der Waals surface area (Å²) in [4.78, 5) is 13.9. The van der Waals surface area contributed by atoms with Gasteiger partial charge in [-0.05, 0) is 49.9 Å². The molecule has 2 aromatic rings. The average Bonchev–Trinajstić information content (AvgIpc) is 3.12. The van der Waals surface area contributed by atoms with E-state index < -0.39 is 12.0 Å². The van der Waals surface area contributed by atoms with E-state index in [1.807, 2.05) is 31.2 Å². The standard InChI is InChI=1S/C22H27NO4/c1-4-27-20-14-17(10-11-19(20)26-3)21(16-8-5-7-15(2)13-16)23-12-6-9-18(23)22(24)25/h5,7-8,10-11,13-14,18,21H,4,6,9,12H2,1-3H3,(H,24,25). The Hall–Kier alpha value is -2.53. The number of aryl methyl sites for hydroxylation is 1. The average molecular weight is 369 g/mol. The van der Waals surface area contributed by atoms with Crippen molar-refractivity contribution in [2.24, 2.45) is 0 Å². The molecule has 2 unspecified atom stereocenters. The first-order chi connectivity index (χ1) is 13.0. The lowest BCUT2D eigenvalue weighted by molar-refractivity contribution is -0.142. The molecule has 2 aromatic carbocycles. The molecule has 3 rings (SSSR count). The number of aliphatic carboxylic acids is 1. The van der Waals surface area contributed by atoms with Crippen LogP contribution in [0.5, 0.6) is 11.5 Å². The minimum absolute atomic E-state index is 0.140. The molecule has 0 radical (unpaired) electrons. The highest BCUT2D eigenvalue weighted by molar-refractivity contribution is 5.74. The van der Waals surface area contributed by atoms with Gasteiger partial charge in [-0.15, -0.1) is 0 Å². The third-order valence-corrected chi connectivity index (χ3v) is 5.07. The molecule has 0 bridgehead atoms. The van der Waals surface area contributed by atoms with Crippen LogP contribution in [-0.4, -0.2) is 42.3 Å². The molecule has 1 aliphatic rings. The summed E-state index contributed by atoms with van der Waals surface area (Å²) in [6.45, 7) is 5.28. The Balaban J connectivity index is 2.10. The van der Waals surface area contributed by atoms with Gasteiger partial charge in [0.1, 0.15) is 6.04 Å². The molecule has 0 amide bonds. The number of carbonyl (C=O) groups is 1. The molecule has 1 saturated heterocycles. The fourth-order valence-electron chi connectivity index (χ4n) is 3.91. The van der Waals surface area contributed by atoms with E-state index in [2.05, 4.69) is 30.0 Å². The van der Waals surface area contributed by atoms with Gasteiger partial charge in [-0.2, -0.15) is 0 Å². The molecule has 1 N–H and O–H groups in total. The molecular formula is C22H27NO4. The lowest BCUT2D eigenvalue weighted by Gasteiger charge is -2.32. The first kappa shape index (κ1) is 19.2. The molecule has 2 atom stereocenters. The van der Waals surface area contributed by atoms with Gasteiger partial charge in [0.25, 0.3) is 0 Å². The molecule has 27 heavy (non-hydrogen) atoms. The van der Waals surface area contributed by atoms with Crippen LogP contribution < -0.4 is 9.47 Å². The van der Waals surface area contributed by atoms with E-state index in [0.29, 0.717) is 24.5 Å². The lowest BCUT2D eigenvalue weighted by atomic mass is 9.94. The Morgan fingerprint density at radius 3 is 2.67 bits per heavy atom. The number of hydrogen-bond donors (Lipinski definition) is 1. The Bertz CT molecular complexity index is 805. The topological polar surface area (TPSA) is 59.0 Å². The van der Waals surface area contributed by atoms with Crippen molar-refractivity contribution in [3.63, 3.8) is 0 Å². The van der Waals surface area contributed by atoms with Crippen LogP contribution in [0.4, 0.5) is 0 Å². The van der Waals surface area contributed by atoms with Gasteiger partial charge in [-0.3, -0.25) is 9.69 Å². The van der Waals surface area contributed by atoms with Crippen molar-refractivity contribution < 1.29 is 19.4 Å². The molecular weight excluding hydrogens is 342 g/mol. The Labute approximate surface area is 160 Å². The van der Waals surface area contributed by atoms with Crippen molar-refractivity contribution in [1.82, 2.24) is 4.90 Å². The molecule has 0 aliphatic carbocycles. The number of ether oxygens (including phenoxy) is 2. The number of nitrogens with zero attached hydrogens (tertiary/aromatic N) is 1. The van der Waals surface area contributed by atoms with Crippen molar-refractivity contribution in [3.8, 4) is 11.5 Å². The van der Waals surface area contributed by atoms with Gasteiger partial charge in [0.2, 0.25) is 0 Å². The summed E-state index contributed by atoms with van der Waals surface area (Å²) in [6.07, 6.45) is 1.56. The van der Waals surface area contributed by atoms with Crippen LogP contribution in [0.2, 0.25) is 0 Å². The zero-order chi connectivity index (χ0) is 19.4. The summed E-state index contributed by atoms with van der Waals surface area (Å²) in [5.41, 5.74) is 3.26. The van der Waals surface area contributed by atoms with Gasteiger partial charge in [-0.1, -0.05) is 35.9 Å². The molecule has 5 heteroatoms. The Morgan fingerprint density at radius 2 is 2.00 bits per heavy atom. The van der Waals surface area contributed by atoms with Crippen molar-refractivity contribution in [1.29, 1.82) is 0 Å². The maximum Gasteiger partial charge on any atom is 0.320 e. The van der Waals surface area contributed by atoms with E-state index in [1.54, 1.807) is 7.11 Å². The molecule has 0 aromatic heterocycles. The number of likely N-dealkylation sites (tertiary alicyclic amines) is 1. The molecule has 144 valence electrons. The summed E-state index contributed by atoms with van der Waals surface area (Å²) in [5.74, 6) is 0.602. The van der Waals surface area contributed by atoms with E-state index in [1.165, 1.54) is 0 Å². The van der Waals surface area contributed by atoms with Gasteiger partial charge in [-0.25, -0.2) is 0 Å². The van der Waals surface area contributed by atoms with Crippen molar-refractivity contribution in [2.75, 3.05) is 20.3 Å². The Morgan fingerprint density at radius 1 is 1.22 bits per heavy atom. The zero-order valence-electron chi connectivity index (χ0n) is 16.1. The zero-order valence-corrected chi connectivity index (χ0v) is 16.1. The fraction of sp³-hybridized carbons (Fsp3) is 0.409. The quantitative estimate of drug-likeness (QED) is 0.798. The second-order valence-corrected chi connectivity index (χ2v) is 6.89. The first-order valence-corrected chi connectivity index (χ1v) is 9.41. The van der Waals surface area contributed by atoms with Gasteiger partial charge in [0.15, 0.2) is 11.5 Å². The summed E-state index contributed by atoms with van der Waals surface area (Å²) < 4.78 is 11.2. The third-order valence-electron chi connectivity index (χ3n) is 5.07. The Kier molecular flexibility index (Phi) is 6.01. The predicted octanol–water partition coefficient (Wildman–Crippen LogP) is 4.04. The maximum atomic E-state index is 11.8. The lowest BCUT2D eigenvalue weighted by Crippen LogP contribution is -2.39. The number of hydrogen-bond acceptors (Lipinski definition) is 4. The second-order valence-electron chi connectivity index (χ2n) is 6.89. The minimum atomic E-state index is -0.760. The molecule has 1 heterocycles. The van der Waals surface area contributed by atoms with Crippen LogP contribution in [0.15, 0.2) is 42.5 Å². The van der Waals surface area contributed by atoms with Crippen LogP contribution in [0.25, 0.3) is 0 Å². The van der Waals surface area contributed by atoms with E-state index in [9.17, 15) is 9.90 Å². The van der Waals surface area contributed by atoms with Crippen LogP contribution in [0.3, 0.4) is 0 Å². The molecule has 1 fully saturated rings. The number of carboxylic acid groups (broad SMARTS) is 1. The van der Waals surface area contributed by atoms with Gasteiger partial charge >= 0.3 is 5.97 Å². The van der Waals surface area contributed by atoms with Crippen molar-refractivity contribution in [2.45, 2.75) is 38.8 Å². The largest absolute Gasteiger partial charge is 0.493 e. The minimum Gasteiger partial charge on any atom is -0.493 e. The van der Waals surface area contributed by atoms with E-state index >= 15 is 0 Å². The number of rotatable bonds is 7. The predicted molar refractivity (Wildman–Crippen MR) is 105 cm³/mol. The van der Waals surface area contributed by atoms with Crippen molar-refractivity contribution in [3.05, 3.63) is 59.2 Å². The highest BCUT2D eigenvalue weighted by Crippen LogP contribution is 2.38. The monoisotopic (exact) mass is 369 g/mol. The second kappa shape index (κ2) is 8.44. The van der Waals surface area contributed by atoms with Gasteiger partial charge < -0.3 is 14.6 Å². The molecule has 0 spiro atoms. The first-order valence-electron chi connectivity index (χ1n) is 9.41. The van der Waals surface area contributed by atoms with E-state index in [-0.39, 0.29) is 6.04 Å². The highest BCUT2D eigenvalue weighted by Gasteiger charge is 2.37. The number of methoxy groups -OCH3 is 1. The van der Waals surface area contributed by atoms with Crippen LogP contribution in [-0.2, 0) is 4.79 Å². The molecule has 1 aliphatic heterocycles. The molecule has 5 nitrogen and oxygen atoms in total. The van der Waals surface area contributed by atoms with E-state index in [4.69, 9.17) is 9.47 Å². The maximum absolute atomic E-state index is 11.8. The van der Waals surface area contributed by atoms with Crippen LogP contribution in [0.1, 0.15) is 42.5 Å². The summed E-state index contributed by atoms with van der Waals surface area (Å²) in [5, 5.41) is 9.72. The third kappa shape index (κ3) is 4.08. The fourth-order valence-corrected chi connectivity index (χ4v) is 3.91. The van der Waals surface area contributed by atoms with E-state index in [0.717, 1.165) is 29.7 Å². The van der Waals surface area contributed by atoms with Gasteiger partial charge in [0.05, 0.1) is 19.8 Å².